The van der Waals surface area contributed by atoms with Crippen molar-refractivity contribution in [1.82, 2.24) is 0 Å². The highest BCUT2D eigenvalue weighted by molar-refractivity contribution is 6.04. The lowest BCUT2D eigenvalue weighted by Crippen LogP contribution is -2.02. The van der Waals surface area contributed by atoms with Crippen LogP contribution >= 0.6 is 0 Å². The van der Waals surface area contributed by atoms with E-state index in [1.807, 2.05) is 6.08 Å². The van der Waals surface area contributed by atoms with Crippen LogP contribution in [0.25, 0.3) is 0 Å². The van der Waals surface area contributed by atoms with E-state index >= 15 is 0 Å². The first-order chi connectivity index (χ1) is 4.34. The molecule has 1 N–H and O–H groups in total. The molecule has 9 heavy (non-hydrogen) atoms. The van der Waals surface area contributed by atoms with Crippen molar-refractivity contribution in [1.29, 1.82) is 0 Å². The number of allylic oxidation sites excluding steroid dienone is 3. The summed E-state index contributed by atoms with van der Waals surface area (Å²) in [6.45, 7) is 0. The Morgan fingerprint density at radius 2 is 2.44 bits per heavy atom. The molecule has 2 nitrogen and oxygen atoms in total. The van der Waals surface area contributed by atoms with Gasteiger partial charge in [-0.25, -0.2) is 0 Å². The van der Waals surface area contributed by atoms with E-state index in [0.29, 0.717) is 12.0 Å². The molecule has 0 amide bonds. The van der Waals surface area contributed by atoms with Crippen LogP contribution < -0.4 is 0 Å². The van der Waals surface area contributed by atoms with Crippen molar-refractivity contribution in [3.63, 3.8) is 0 Å². The van der Waals surface area contributed by atoms with E-state index in [1.165, 1.54) is 6.08 Å². The number of aliphatic hydroxyl groups is 1. The number of aliphatic hydroxyl groups excluding tert-OH is 1. The van der Waals surface area contributed by atoms with Gasteiger partial charge < -0.3 is 5.11 Å². The smallest absolute Gasteiger partial charge is 0.184 e. The Bertz CT molecular complexity index is 177. The first-order valence-corrected chi connectivity index (χ1v) is 2.88. The van der Waals surface area contributed by atoms with Gasteiger partial charge in [-0.15, -0.1) is 0 Å². The monoisotopic (exact) mass is 124 g/mol. The summed E-state index contributed by atoms with van der Waals surface area (Å²) in [5, 5.41) is 8.44. The molecule has 0 saturated heterocycles. The van der Waals surface area contributed by atoms with Gasteiger partial charge in [-0.2, -0.15) is 0 Å². The molecule has 0 aromatic carbocycles. The minimum Gasteiger partial charge on any atom is -0.515 e. The Kier molecular flexibility index (Phi) is 1.68. The molecular formula is C7H8O2. The van der Waals surface area contributed by atoms with Crippen LogP contribution in [0.4, 0.5) is 0 Å². The topological polar surface area (TPSA) is 37.3 Å². The van der Waals surface area contributed by atoms with Gasteiger partial charge in [-0.1, -0.05) is 6.08 Å². The van der Waals surface area contributed by atoms with Gasteiger partial charge in [-0.05, 0) is 18.9 Å². The van der Waals surface area contributed by atoms with Gasteiger partial charge in [0.2, 0.25) is 0 Å². The lowest BCUT2D eigenvalue weighted by Gasteiger charge is -2.03. The first kappa shape index (κ1) is 6.08. The molecule has 0 radical (unpaired) electrons. The number of carbonyl (C=O) groups is 1. The Hall–Kier alpha value is -1.05. The second-order valence-electron chi connectivity index (χ2n) is 1.96. The lowest BCUT2D eigenvalue weighted by atomic mass is 10.0. The second-order valence-corrected chi connectivity index (χ2v) is 1.96. The van der Waals surface area contributed by atoms with E-state index in [9.17, 15) is 4.79 Å². The molecule has 1 aliphatic carbocycles. The summed E-state index contributed by atoms with van der Waals surface area (Å²) < 4.78 is 0. The summed E-state index contributed by atoms with van der Waals surface area (Å²) >= 11 is 0. The number of rotatable bonds is 0. The fourth-order valence-electron chi connectivity index (χ4n) is 0.788. The fraction of sp³-hybridized carbons (Fsp3) is 0.286. The van der Waals surface area contributed by atoms with Crippen LogP contribution in [0.15, 0.2) is 24.0 Å². The molecule has 0 bridgehead atoms. The van der Waals surface area contributed by atoms with Crippen LogP contribution in [0.5, 0.6) is 0 Å². The predicted molar refractivity (Wildman–Crippen MR) is 34.1 cm³/mol. The zero-order chi connectivity index (χ0) is 6.69. The first-order valence-electron chi connectivity index (χ1n) is 2.88. The van der Waals surface area contributed by atoms with Gasteiger partial charge >= 0.3 is 0 Å². The van der Waals surface area contributed by atoms with E-state index in [-0.39, 0.29) is 5.78 Å². The molecule has 48 valence electrons. The normalized spacial score (nSPS) is 23.1. The van der Waals surface area contributed by atoms with Crippen LogP contribution in [-0.2, 0) is 4.79 Å². The molecule has 0 saturated carbocycles. The van der Waals surface area contributed by atoms with E-state index in [2.05, 4.69) is 0 Å². The molecule has 2 heteroatoms. The zero-order valence-electron chi connectivity index (χ0n) is 5.00. The Morgan fingerprint density at radius 3 is 2.89 bits per heavy atom. The van der Waals surface area contributed by atoms with Crippen LogP contribution in [0, 0.1) is 0 Å². The van der Waals surface area contributed by atoms with E-state index in [0.717, 1.165) is 12.7 Å². The van der Waals surface area contributed by atoms with Crippen molar-refractivity contribution in [2.75, 3.05) is 0 Å². The molecule has 0 atom stereocenters. The average molecular weight is 124 g/mol. The fourth-order valence-corrected chi connectivity index (χ4v) is 0.788. The van der Waals surface area contributed by atoms with Crippen LogP contribution in [-0.4, -0.2) is 10.9 Å². The average Bonchev–Trinajstić information content (AvgIpc) is 1.89. The minimum absolute atomic E-state index is 0.0660. The molecule has 0 aromatic rings. The quantitative estimate of drug-likeness (QED) is 0.391. The second kappa shape index (κ2) is 2.49. The predicted octanol–water partition coefficient (Wildman–Crippen LogP) is 1.35. The van der Waals surface area contributed by atoms with Crippen molar-refractivity contribution < 1.29 is 9.90 Å². The maximum Gasteiger partial charge on any atom is 0.184 e. The van der Waals surface area contributed by atoms with E-state index < -0.39 is 0 Å². The van der Waals surface area contributed by atoms with Crippen LogP contribution in [0.3, 0.4) is 0 Å². The molecule has 0 heterocycles. The van der Waals surface area contributed by atoms with Crippen LogP contribution in [0.1, 0.15) is 12.8 Å². The molecule has 0 spiro atoms. The maximum absolute atomic E-state index is 10.7. The summed E-state index contributed by atoms with van der Waals surface area (Å²) in [5.74, 6) is -0.0660. The molecule has 0 unspecified atom stereocenters. The third-order valence-electron chi connectivity index (χ3n) is 1.32. The highest BCUT2D eigenvalue weighted by Gasteiger charge is 2.08. The van der Waals surface area contributed by atoms with Gasteiger partial charge in [-0.3, -0.25) is 4.79 Å². The van der Waals surface area contributed by atoms with Crippen molar-refractivity contribution in [2.24, 2.45) is 0 Å². The summed E-state index contributed by atoms with van der Waals surface area (Å²) in [7, 11) is 0. The SMILES string of the molecule is O=C1C=CCC/C1=C/O. The van der Waals surface area contributed by atoms with Crippen molar-refractivity contribution >= 4 is 5.78 Å². The van der Waals surface area contributed by atoms with Crippen molar-refractivity contribution in [3.8, 4) is 0 Å². The number of ketones is 1. The molecule has 0 aliphatic heterocycles. The van der Waals surface area contributed by atoms with Gasteiger partial charge in [0.15, 0.2) is 5.78 Å². The molecular weight excluding hydrogens is 116 g/mol. The van der Waals surface area contributed by atoms with Crippen molar-refractivity contribution in [3.05, 3.63) is 24.0 Å². The van der Waals surface area contributed by atoms with Gasteiger partial charge in [0.1, 0.15) is 0 Å². The Labute approximate surface area is 53.5 Å². The largest absolute Gasteiger partial charge is 0.515 e. The highest BCUT2D eigenvalue weighted by Crippen LogP contribution is 2.12. The highest BCUT2D eigenvalue weighted by atomic mass is 16.2. The van der Waals surface area contributed by atoms with Gasteiger partial charge in [0.25, 0.3) is 0 Å². The Morgan fingerprint density at radius 1 is 1.67 bits per heavy atom. The van der Waals surface area contributed by atoms with Gasteiger partial charge in [0.05, 0.1) is 6.26 Å². The van der Waals surface area contributed by atoms with E-state index in [4.69, 9.17) is 5.11 Å². The summed E-state index contributed by atoms with van der Waals surface area (Å²) in [6.07, 6.45) is 5.73. The van der Waals surface area contributed by atoms with Gasteiger partial charge in [0, 0.05) is 5.57 Å². The summed E-state index contributed by atoms with van der Waals surface area (Å²) in [4.78, 5) is 10.7. The molecule has 0 aromatic heterocycles. The number of hydrogen-bond acceptors (Lipinski definition) is 2. The van der Waals surface area contributed by atoms with E-state index in [1.54, 1.807) is 0 Å². The van der Waals surface area contributed by atoms with Crippen molar-refractivity contribution in [2.45, 2.75) is 12.8 Å². The maximum atomic E-state index is 10.7. The standard InChI is InChI=1S/C7H8O2/c8-5-6-3-1-2-4-7(6)9/h2,4-5,8H,1,3H2/b6-5-. The number of carbonyl (C=O) groups excluding carboxylic acids is 1. The molecule has 1 rings (SSSR count). The molecule has 1 aliphatic rings. The van der Waals surface area contributed by atoms with Crippen LogP contribution in [0.2, 0.25) is 0 Å². The number of hydrogen-bond donors (Lipinski definition) is 1. The lowest BCUT2D eigenvalue weighted by molar-refractivity contribution is -0.111. The summed E-state index contributed by atoms with van der Waals surface area (Å²) in [5.41, 5.74) is 0.512. The zero-order valence-corrected chi connectivity index (χ0v) is 5.00. The minimum atomic E-state index is -0.0660. The summed E-state index contributed by atoms with van der Waals surface area (Å²) in [6, 6.07) is 0. The third-order valence-corrected chi connectivity index (χ3v) is 1.32. The molecule has 0 fully saturated rings. The Balaban J connectivity index is 2.78. The third kappa shape index (κ3) is 1.19.